The number of rotatable bonds is 2. The minimum atomic E-state index is -0.145. The van der Waals surface area contributed by atoms with Gasteiger partial charge in [0.05, 0.1) is 11.2 Å². The van der Waals surface area contributed by atoms with Crippen molar-refractivity contribution in [3.8, 4) is 11.3 Å². The summed E-state index contributed by atoms with van der Waals surface area (Å²) in [5, 5.41) is 1.07. The van der Waals surface area contributed by atoms with Gasteiger partial charge in [-0.15, -0.1) is 0 Å². The summed E-state index contributed by atoms with van der Waals surface area (Å²) in [6.07, 6.45) is 3.70. The number of aryl methyl sites for hydroxylation is 2. The highest BCUT2D eigenvalue weighted by Gasteiger charge is 2.27. The van der Waals surface area contributed by atoms with Gasteiger partial charge < -0.3 is 10.7 Å². The molecule has 1 aliphatic carbocycles. The normalized spacial score (nSPS) is 14.2. The number of hydrogen-bond donors (Lipinski definition) is 2. The molecule has 1 aromatic heterocycles. The number of H-pyrrole nitrogens is 1. The van der Waals surface area contributed by atoms with Gasteiger partial charge in [0, 0.05) is 5.39 Å². The first-order valence-electron chi connectivity index (χ1n) is 8.60. The molecule has 1 heterocycles. The third kappa shape index (κ3) is 2.84. The molecule has 2 nitrogen and oxygen atoms in total. The summed E-state index contributed by atoms with van der Waals surface area (Å²) in [4.78, 5) is 3.37. The van der Waals surface area contributed by atoms with Crippen LogP contribution in [0.1, 0.15) is 41.9 Å². The molecule has 0 radical (unpaired) electrons. The lowest BCUT2D eigenvalue weighted by Gasteiger charge is -2.26. The molecule has 0 atom stereocenters. The van der Waals surface area contributed by atoms with Gasteiger partial charge in [-0.05, 0) is 68.5 Å². The Hall–Kier alpha value is -2.13. The summed E-state index contributed by atoms with van der Waals surface area (Å²) >= 11 is 0. The predicted octanol–water partition coefficient (Wildman–Crippen LogP) is 5.43. The molecule has 0 saturated heterocycles. The van der Waals surface area contributed by atoms with Crippen LogP contribution in [0.3, 0.4) is 0 Å². The fourth-order valence-corrected chi connectivity index (χ4v) is 3.48. The molecule has 24 heavy (non-hydrogen) atoms. The molecule has 126 valence electrons. The summed E-state index contributed by atoms with van der Waals surface area (Å²) in [6, 6.07) is 12.2. The third-order valence-corrected chi connectivity index (χ3v) is 4.90. The first kappa shape index (κ1) is 16.7. The van der Waals surface area contributed by atoms with E-state index in [0.29, 0.717) is 11.4 Å². The molecule has 2 aromatic carbocycles. The number of nitrogens with one attached hydrogen (secondary N) is 1. The second-order valence-electron chi connectivity index (χ2n) is 6.58. The second kappa shape index (κ2) is 6.78. The average Bonchev–Trinajstić information content (AvgIpc) is 2.88. The van der Waals surface area contributed by atoms with E-state index >= 15 is 0 Å². The van der Waals surface area contributed by atoms with Gasteiger partial charge in [0.1, 0.15) is 5.82 Å². The number of nitrogens with two attached hydrogens (primary N) is 1. The van der Waals surface area contributed by atoms with Crippen molar-refractivity contribution in [3.63, 3.8) is 0 Å². The van der Waals surface area contributed by atoms with E-state index in [1.807, 2.05) is 6.92 Å². The largest absolute Gasteiger partial charge is 0.352 e. The quantitative estimate of drug-likeness (QED) is 0.648. The highest BCUT2D eigenvalue weighted by molar-refractivity contribution is 5.92. The van der Waals surface area contributed by atoms with Crippen LogP contribution in [-0.4, -0.2) is 12.0 Å². The molecule has 3 aromatic rings. The van der Waals surface area contributed by atoms with Crippen molar-refractivity contribution in [1.82, 2.24) is 4.98 Å². The minimum absolute atomic E-state index is 0.145. The van der Waals surface area contributed by atoms with E-state index in [1.165, 1.54) is 37.4 Å². The van der Waals surface area contributed by atoms with Gasteiger partial charge in [-0.2, -0.15) is 0 Å². The summed E-state index contributed by atoms with van der Waals surface area (Å²) in [5.41, 5.74) is 11.0. The van der Waals surface area contributed by atoms with Gasteiger partial charge in [0.2, 0.25) is 0 Å². The fourth-order valence-electron chi connectivity index (χ4n) is 3.48. The molecule has 1 saturated carbocycles. The Morgan fingerprint density at radius 1 is 1.00 bits per heavy atom. The highest BCUT2D eigenvalue weighted by atomic mass is 19.1. The molecule has 0 amide bonds. The first-order chi connectivity index (χ1) is 11.6. The van der Waals surface area contributed by atoms with Gasteiger partial charge in [0.15, 0.2) is 0 Å². The second-order valence-corrected chi connectivity index (χ2v) is 6.58. The van der Waals surface area contributed by atoms with Gasteiger partial charge in [-0.25, -0.2) is 4.39 Å². The van der Waals surface area contributed by atoms with Crippen LogP contribution >= 0.6 is 0 Å². The molecular weight excluding hydrogens is 299 g/mol. The molecule has 3 heteroatoms. The average molecular weight is 324 g/mol. The van der Waals surface area contributed by atoms with Crippen molar-refractivity contribution >= 4 is 10.9 Å². The molecule has 0 unspecified atom stereocenters. The summed E-state index contributed by atoms with van der Waals surface area (Å²) < 4.78 is 14.4. The minimum Gasteiger partial charge on any atom is -0.352 e. The number of halogens is 1. The van der Waals surface area contributed by atoms with Crippen LogP contribution in [0.5, 0.6) is 0 Å². The van der Waals surface area contributed by atoms with Crippen molar-refractivity contribution in [3.05, 3.63) is 58.9 Å². The van der Waals surface area contributed by atoms with Crippen molar-refractivity contribution in [1.29, 1.82) is 0 Å². The lowest BCUT2D eigenvalue weighted by molar-refractivity contribution is 0.423. The van der Waals surface area contributed by atoms with Crippen LogP contribution in [0.15, 0.2) is 36.4 Å². The van der Waals surface area contributed by atoms with E-state index in [1.54, 1.807) is 6.07 Å². The number of fused-ring (bicyclic) bond motifs is 1. The molecule has 0 bridgehead atoms. The van der Waals surface area contributed by atoms with Crippen LogP contribution in [0.2, 0.25) is 0 Å². The smallest absolute Gasteiger partial charge is 0.147 e. The number of benzene rings is 2. The molecular formula is C21H25FN2. The van der Waals surface area contributed by atoms with E-state index in [2.05, 4.69) is 48.0 Å². The fraction of sp³-hybridized carbons (Fsp3) is 0.333. The van der Waals surface area contributed by atoms with Crippen molar-refractivity contribution in [2.24, 2.45) is 5.73 Å². The zero-order valence-corrected chi connectivity index (χ0v) is 14.6. The van der Waals surface area contributed by atoms with Gasteiger partial charge in [-0.1, -0.05) is 36.2 Å². The van der Waals surface area contributed by atoms with Crippen LogP contribution in [-0.2, 0) is 0 Å². The standard InChI is InChI=1S/C20H20FN.CH5N/c1-12-6-8-15(9-7-12)19-18(14-4-3-5-14)16-10-13(2)11-17(21)20(16)22-19;1-2/h6-11,14,22H,3-5H2,1-2H3;2H2,1H3. The SMILES string of the molecule is CN.Cc1ccc(-c2[nH]c3c(F)cc(C)cc3c2C2CCC2)cc1. The van der Waals surface area contributed by atoms with Crippen molar-refractivity contribution in [2.45, 2.75) is 39.0 Å². The Kier molecular flexibility index (Phi) is 4.72. The summed E-state index contributed by atoms with van der Waals surface area (Å²) in [5.74, 6) is 0.417. The molecule has 3 N–H and O–H groups in total. The van der Waals surface area contributed by atoms with Crippen LogP contribution in [0, 0.1) is 19.7 Å². The lowest BCUT2D eigenvalue weighted by atomic mass is 9.78. The molecule has 1 fully saturated rings. The first-order valence-corrected chi connectivity index (χ1v) is 8.60. The molecule has 0 spiro atoms. The Bertz CT molecular complexity index is 842. The lowest BCUT2D eigenvalue weighted by Crippen LogP contribution is -2.09. The zero-order chi connectivity index (χ0) is 17.3. The van der Waals surface area contributed by atoms with E-state index in [-0.39, 0.29) is 5.82 Å². The molecule has 0 aliphatic heterocycles. The van der Waals surface area contributed by atoms with Crippen molar-refractivity contribution in [2.75, 3.05) is 7.05 Å². The zero-order valence-electron chi connectivity index (χ0n) is 14.6. The van der Waals surface area contributed by atoms with Gasteiger partial charge in [0.25, 0.3) is 0 Å². The Balaban J connectivity index is 0.000000815. The maximum absolute atomic E-state index is 14.4. The van der Waals surface area contributed by atoms with E-state index in [0.717, 1.165) is 22.2 Å². The number of hydrogen-bond acceptors (Lipinski definition) is 1. The highest BCUT2D eigenvalue weighted by Crippen LogP contribution is 2.45. The van der Waals surface area contributed by atoms with Crippen LogP contribution < -0.4 is 5.73 Å². The Morgan fingerprint density at radius 2 is 1.67 bits per heavy atom. The predicted molar refractivity (Wildman–Crippen MR) is 99.9 cm³/mol. The number of aromatic nitrogens is 1. The molecule has 1 aliphatic rings. The summed E-state index contributed by atoms with van der Waals surface area (Å²) in [7, 11) is 1.50. The Labute approximate surface area is 142 Å². The van der Waals surface area contributed by atoms with Gasteiger partial charge in [-0.3, -0.25) is 0 Å². The van der Waals surface area contributed by atoms with Crippen LogP contribution in [0.4, 0.5) is 4.39 Å². The van der Waals surface area contributed by atoms with E-state index in [9.17, 15) is 4.39 Å². The summed E-state index contributed by atoms with van der Waals surface area (Å²) in [6.45, 7) is 4.05. The van der Waals surface area contributed by atoms with Crippen molar-refractivity contribution < 1.29 is 4.39 Å². The van der Waals surface area contributed by atoms with E-state index < -0.39 is 0 Å². The number of aromatic amines is 1. The topological polar surface area (TPSA) is 41.8 Å². The maximum atomic E-state index is 14.4. The third-order valence-electron chi connectivity index (χ3n) is 4.90. The van der Waals surface area contributed by atoms with Crippen LogP contribution in [0.25, 0.3) is 22.2 Å². The van der Waals surface area contributed by atoms with E-state index in [4.69, 9.17) is 0 Å². The molecule has 4 rings (SSSR count). The van der Waals surface area contributed by atoms with Gasteiger partial charge >= 0.3 is 0 Å². The Morgan fingerprint density at radius 3 is 2.25 bits per heavy atom. The maximum Gasteiger partial charge on any atom is 0.147 e. The monoisotopic (exact) mass is 324 g/mol.